The quantitative estimate of drug-likeness (QED) is 0.465. The van der Waals surface area contributed by atoms with Gasteiger partial charge in [-0.2, -0.15) is 0 Å². The highest BCUT2D eigenvalue weighted by Crippen LogP contribution is 2.14. The van der Waals surface area contributed by atoms with Crippen LogP contribution in [-0.4, -0.2) is 0 Å². The van der Waals surface area contributed by atoms with E-state index in [0.717, 1.165) is 12.0 Å². The first kappa shape index (κ1) is 6.27. The lowest BCUT2D eigenvalue weighted by molar-refractivity contribution is 0.651. The monoisotopic (exact) mass is 124 g/mol. The van der Waals surface area contributed by atoms with Crippen LogP contribution in [0.25, 0.3) is 0 Å². The van der Waals surface area contributed by atoms with Crippen LogP contribution in [-0.2, 0) is 0 Å². The average molecular weight is 124 g/mol. The fourth-order valence-corrected chi connectivity index (χ4v) is 0.703. The molecule has 0 atom stereocenters. The second-order valence-corrected chi connectivity index (χ2v) is 2.12. The Morgan fingerprint density at radius 1 is 1.44 bits per heavy atom. The summed E-state index contributed by atoms with van der Waals surface area (Å²) in [5.41, 5.74) is 0.806. The summed E-state index contributed by atoms with van der Waals surface area (Å²) in [6.07, 6.45) is 7.73. The van der Waals surface area contributed by atoms with Crippen molar-refractivity contribution in [1.29, 1.82) is 0 Å². The smallest absolute Gasteiger partial charge is 0.122 e. The van der Waals surface area contributed by atoms with Crippen LogP contribution in [0.5, 0.6) is 0 Å². The minimum atomic E-state index is -0.0972. The molecule has 0 bridgehead atoms. The molecule has 48 valence electrons. The molecule has 0 saturated carbocycles. The molecule has 1 aliphatic carbocycles. The first-order valence-electron chi connectivity index (χ1n) is 2.99. The molecule has 0 saturated heterocycles. The van der Waals surface area contributed by atoms with Gasteiger partial charge in [-0.05, 0) is 25.0 Å². The van der Waals surface area contributed by atoms with Crippen LogP contribution in [0.3, 0.4) is 0 Å². The Morgan fingerprint density at radius 2 is 2.22 bits per heavy atom. The third-order valence-corrected chi connectivity index (χ3v) is 1.32. The summed E-state index contributed by atoms with van der Waals surface area (Å²) in [4.78, 5) is 0. The number of rotatable bonds is 0. The Labute approximate surface area is 54.4 Å². The van der Waals surface area contributed by atoms with E-state index in [-0.39, 0.29) is 5.83 Å². The number of allylic oxidation sites excluding steroid dienone is 6. The Balaban J connectivity index is 2.85. The minimum Gasteiger partial charge on any atom is -0.207 e. The molecule has 0 aliphatic heterocycles. The number of hydrogen-bond acceptors (Lipinski definition) is 0. The van der Waals surface area contributed by atoms with Gasteiger partial charge in [0.15, 0.2) is 0 Å². The second kappa shape index (κ2) is 2.62. The predicted molar refractivity (Wildman–Crippen MR) is 36.7 cm³/mol. The molecule has 0 unspecified atom stereocenters. The molecule has 0 aromatic heterocycles. The molecular formula is C8H9F. The topological polar surface area (TPSA) is 0 Å². The maximum Gasteiger partial charge on any atom is 0.122 e. The van der Waals surface area contributed by atoms with E-state index in [0.29, 0.717) is 0 Å². The maximum absolute atomic E-state index is 12.6. The van der Waals surface area contributed by atoms with Gasteiger partial charge in [0.25, 0.3) is 0 Å². The molecule has 1 rings (SSSR count). The van der Waals surface area contributed by atoms with Crippen LogP contribution >= 0.6 is 0 Å². The van der Waals surface area contributed by atoms with E-state index in [2.05, 4.69) is 0 Å². The lowest BCUT2D eigenvalue weighted by Gasteiger charge is -1.91. The summed E-state index contributed by atoms with van der Waals surface area (Å²) in [5, 5.41) is 0. The van der Waals surface area contributed by atoms with Crippen LogP contribution in [0.2, 0.25) is 0 Å². The van der Waals surface area contributed by atoms with Gasteiger partial charge in [0, 0.05) is 0 Å². The van der Waals surface area contributed by atoms with Crippen molar-refractivity contribution in [3.05, 3.63) is 35.7 Å². The Bertz CT molecular complexity index is 185. The van der Waals surface area contributed by atoms with Crippen molar-refractivity contribution >= 4 is 0 Å². The Hall–Kier alpha value is -0.850. The molecule has 0 fully saturated rings. The molecule has 1 heteroatoms. The highest BCUT2D eigenvalue weighted by Gasteiger charge is 1.96. The van der Waals surface area contributed by atoms with E-state index in [1.165, 1.54) is 6.08 Å². The fourth-order valence-electron chi connectivity index (χ4n) is 0.703. The van der Waals surface area contributed by atoms with E-state index in [1.807, 2.05) is 12.2 Å². The Kier molecular flexibility index (Phi) is 1.83. The average Bonchev–Trinajstić information content (AvgIpc) is 1.99. The molecule has 0 aromatic carbocycles. The van der Waals surface area contributed by atoms with E-state index >= 15 is 0 Å². The second-order valence-electron chi connectivity index (χ2n) is 2.12. The highest BCUT2D eigenvalue weighted by atomic mass is 19.1. The van der Waals surface area contributed by atoms with Crippen molar-refractivity contribution in [3.63, 3.8) is 0 Å². The summed E-state index contributed by atoms with van der Waals surface area (Å²) >= 11 is 0. The van der Waals surface area contributed by atoms with Gasteiger partial charge in [-0.1, -0.05) is 18.2 Å². The van der Waals surface area contributed by atoms with E-state index in [1.54, 1.807) is 13.0 Å². The molecular weight excluding hydrogens is 115 g/mol. The number of hydrogen-bond donors (Lipinski definition) is 0. The van der Waals surface area contributed by atoms with Crippen LogP contribution in [0.1, 0.15) is 13.3 Å². The third kappa shape index (κ3) is 1.53. The summed E-state index contributed by atoms with van der Waals surface area (Å²) in [6.45, 7) is 1.80. The zero-order valence-corrected chi connectivity index (χ0v) is 5.39. The molecule has 0 nitrogen and oxygen atoms in total. The van der Waals surface area contributed by atoms with Crippen molar-refractivity contribution in [2.24, 2.45) is 0 Å². The van der Waals surface area contributed by atoms with Crippen molar-refractivity contribution in [3.8, 4) is 0 Å². The van der Waals surface area contributed by atoms with Crippen molar-refractivity contribution in [2.45, 2.75) is 13.3 Å². The lowest BCUT2D eigenvalue weighted by Crippen LogP contribution is -1.74. The van der Waals surface area contributed by atoms with Crippen LogP contribution in [0, 0.1) is 0 Å². The van der Waals surface area contributed by atoms with Gasteiger partial charge in [0.2, 0.25) is 0 Å². The zero-order chi connectivity index (χ0) is 6.69. The number of halogens is 1. The molecule has 0 amide bonds. The van der Waals surface area contributed by atoms with E-state index < -0.39 is 0 Å². The fraction of sp³-hybridized carbons (Fsp3) is 0.250. The summed E-state index contributed by atoms with van der Waals surface area (Å²) in [6, 6.07) is 0. The predicted octanol–water partition coefficient (Wildman–Crippen LogP) is 2.75. The van der Waals surface area contributed by atoms with E-state index in [9.17, 15) is 4.39 Å². The van der Waals surface area contributed by atoms with Crippen LogP contribution in [0.15, 0.2) is 35.7 Å². The first-order chi connectivity index (χ1) is 4.30. The van der Waals surface area contributed by atoms with Gasteiger partial charge in [-0.15, -0.1) is 0 Å². The zero-order valence-electron chi connectivity index (χ0n) is 5.39. The lowest BCUT2D eigenvalue weighted by atomic mass is 10.2. The SMILES string of the molecule is CC1=C(F)C=CC=CC1. The van der Waals surface area contributed by atoms with Crippen molar-refractivity contribution < 1.29 is 4.39 Å². The summed E-state index contributed by atoms with van der Waals surface area (Å²) in [5.74, 6) is -0.0972. The molecule has 0 heterocycles. The van der Waals surface area contributed by atoms with Gasteiger partial charge in [-0.3, -0.25) is 0 Å². The maximum atomic E-state index is 12.6. The van der Waals surface area contributed by atoms with E-state index in [4.69, 9.17) is 0 Å². The van der Waals surface area contributed by atoms with Gasteiger partial charge in [0.1, 0.15) is 5.83 Å². The third-order valence-electron chi connectivity index (χ3n) is 1.32. The molecule has 9 heavy (non-hydrogen) atoms. The molecule has 1 aliphatic rings. The molecule has 0 radical (unpaired) electrons. The minimum absolute atomic E-state index is 0.0972. The van der Waals surface area contributed by atoms with Crippen molar-refractivity contribution in [1.82, 2.24) is 0 Å². The van der Waals surface area contributed by atoms with Gasteiger partial charge in [-0.25, -0.2) is 4.39 Å². The summed E-state index contributed by atoms with van der Waals surface area (Å²) < 4.78 is 12.6. The van der Waals surface area contributed by atoms with Gasteiger partial charge >= 0.3 is 0 Å². The molecule has 0 N–H and O–H groups in total. The first-order valence-corrected chi connectivity index (χ1v) is 2.99. The summed E-state index contributed by atoms with van der Waals surface area (Å²) in [7, 11) is 0. The normalized spacial score (nSPS) is 18.4. The van der Waals surface area contributed by atoms with Crippen LogP contribution in [0.4, 0.5) is 4.39 Å². The standard InChI is InChI=1S/C8H9F/c1-7-5-3-2-4-6-8(7)9/h2-4,6H,5H2,1H3. The molecule has 0 aromatic rings. The largest absolute Gasteiger partial charge is 0.207 e. The highest BCUT2D eigenvalue weighted by molar-refractivity contribution is 5.26. The van der Waals surface area contributed by atoms with Gasteiger partial charge in [0.05, 0.1) is 0 Å². The van der Waals surface area contributed by atoms with Gasteiger partial charge < -0.3 is 0 Å². The molecule has 0 spiro atoms. The Morgan fingerprint density at radius 3 is 3.00 bits per heavy atom. The van der Waals surface area contributed by atoms with Crippen molar-refractivity contribution in [2.75, 3.05) is 0 Å². The van der Waals surface area contributed by atoms with Crippen LogP contribution < -0.4 is 0 Å².